The van der Waals surface area contributed by atoms with E-state index in [0.717, 1.165) is 9.58 Å². The van der Waals surface area contributed by atoms with Crippen molar-refractivity contribution < 1.29 is 8.22 Å². The van der Waals surface area contributed by atoms with Crippen molar-refractivity contribution in [3.8, 4) is 0 Å². The summed E-state index contributed by atoms with van der Waals surface area (Å²) in [5, 5.41) is 4.45. The second-order valence-corrected chi connectivity index (χ2v) is 6.31. The molecule has 0 atom stereocenters. The Kier molecular flexibility index (Phi) is 3.30. The summed E-state index contributed by atoms with van der Waals surface area (Å²) in [5.41, 5.74) is 0.0462. The van der Waals surface area contributed by atoms with Crippen LogP contribution in [0.2, 0.25) is 5.02 Å². The van der Waals surface area contributed by atoms with E-state index in [2.05, 4.69) is 5.10 Å². The maximum absolute atomic E-state index is 12.5. The summed E-state index contributed by atoms with van der Waals surface area (Å²) >= 11 is 6.02. The zero-order valence-electron chi connectivity index (χ0n) is 20.0. The first-order valence-electron chi connectivity index (χ1n) is 11.3. The third-order valence-corrected chi connectivity index (χ3v) is 4.32. The van der Waals surface area contributed by atoms with Crippen molar-refractivity contribution in [1.29, 1.82) is 0 Å². The van der Waals surface area contributed by atoms with Crippen molar-refractivity contribution in [1.82, 2.24) is 19.1 Å². The Morgan fingerprint density at radius 3 is 2.81 bits per heavy atom. The minimum Gasteiger partial charge on any atom is -0.369 e. The van der Waals surface area contributed by atoms with E-state index in [4.69, 9.17) is 19.8 Å². The van der Waals surface area contributed by atoms with Crippen molar-refractivity contribution >= 4 is 22.9 Å². The number of halogens is 1. The molecule has 1 aliphatic heterocycles. The fourth-order valence-corrected chi connectivity index (χ4v) is 2.94. The minimum absolute atomic E-state index is 0.0374. The van der Waals surface area contributed by atoms with Crippen LogP contribution in [0.4, 0.5) is 5.69 Å². The molecule has 0 saturated carbocycles. The van der Waals surface area contributed by atoms with Crippen LogP contribution in [0.15, 0.2) is 53.5 Å². The number of fused-ring (bicyclic) bond motifs is 1. The first kappa shape index (κ1) is 11.4. The highest BCUT2D eigenvalue weighted by atomic mass is 35.5. The van der Waals surface area contributed by atoms with Crippen LogP contribution in [-0.2, 0) is 6.50 Å². The molecule has 1 saturated heterocycles. The molecule has 3 aromatic rings. The molecular weight excluding hydrogens is 350 g/mol. The Morgan fingerprint density at radius 2 is 2.04 bits per heavy atom. The lowest BCUT2D eigenvalue weighted by molar-refractivity contribution is 0.248. The predicted octanol–water partition coefficient (Wildman–Crippen LogP) is 2.36. The van der Waals surface area contributed by atoms with Gasteiger partial charge in [0, 0.05) is 56.0 Å². The molecule has 6 nitrogen and oxygen atoms in total. The van der Waals surface area contributed by atoms with Gasteiger partial charge in [-0.05, 0) is 36.8 Å². The molecule has 0 radical (unpaired) electrons. The molecule has 7 heteroatoms. The summed E-state index contributed by atoms with van der Waals surface area (Å²) in [6.07, 6.45) is 1.34. The van der Waals surface area contributed by atoms with Crippen LogP contribution in [0.5, 0.6) is 0 Å². The number of hydrogen-bond acceptors (Lipinski definition) is 4. The Balaban J connectivity index is 1.53. The van der Waals surface area contributed by atoms with E-state index in [1.54, 1.807) is 36.4 Å². The second kappa shape index (κ2) is 7.51. The first-order chi connectivity index (χ1) is 14.9. The Hall–Kier alpha value is -2.31. The Morgan fingerprint density at radius 1 is 1.19 bits per heavy atom. The molecule has 0 aliphatic carbocycles. The van der Waals surface area contributed by atoms with Gasteiger partial charge in [0.15, 0.2) is 5.65 Å². The van der Waals surface area contributed by atoms with E-state index < -0.39 is 25.2 Å². The topological polar surface area (TPSA) is 45.8 Å². The molecule has 26 heavy (non-hydrogen) atoms. The van der Waals surface area contributed by atoms with E-state index in [1.165, 1.54) is 21.6 Å². The van der Waals surface area contributed by atoms with Crippen molar-refractivity contribution in [2.24, 2.45) is 0 Å². The first-order valence-corrected chi connectivity index (χ1v) is 8.64. The molecule has 2 aromatic heterocycles. The third kappa shape index (κ3) is 3.61. The normalized spacial score (nSPS) is 23.5. The van der Waals surface area contributed by atoms with Crippen LogP contribution in [0.1, 0.15) is 14.6 Å². The van der Waals surface area contributed by atoms with Crippen molar-refractivity contribution in [2.45, 2.75) is 12.9 Å². The average Bonchev–Trinajstić information content (AvgIpc) is 3.03. The smallest absolute Gasteiger partial charge is 0.350 e. The molecule has 0 unspecified atom stereocenters. The molecule has 1 aliphatic rings. The van der Waals surface area contributed by atoms with Crippen LogP contribution in [-0.4, -0.2) is 51.7 Å². The number of rotatable bonds is 5. The summed E-state index contributed by atoms with van der Waals surface area (Å²) in [4.78, 5) is 15.1. The maximum atomic E-state index is 12.5. The van der Waals surface area contributed by atoms with Crippen molar-refractivity contribution in [3.63, 3.8) is 0 Å². The van der Waals surface area contributed by atoms with Gasteiger partial charge in [-0.25, -0.2) is 9.48 Å². The lowest BCUT2D eigenvalue weighted by Crippen LogP contribution is -2.46. The van der Waals surface area contributed by atoms with Gasteiger partial charge in [-0.15, -0.1) is 5.10 Å². The molecular formula is C19H22ClN5O. The van der Waals surface area contributed by atoms with Crippen LogP contribution in [0, 0.1) is 0 Å². The summed E-state index contributed by atoms with van der Waals surface area (Å²) in [5.74, 6) is 0. The lowest BCUT2D eigenvalue weighted by atomic mass is 10.2. The van der Waals surface area contributed by atoms with Gasteiger partial charge in [-0.2, -0.15) is 0 Å². The maximum Gasteiger partial charge on any atom is 0.350 e. The second-order valence-electron chi connectivity index (χ2n) is 5.87. The third-order valence-electron chi connectivity index (χ3n) is 4.09. The van der Waals surface area contributed by atoms with E-state index >= 15 is 0 Å². The lowest BCUT2D eigenvalue weighted by Gasteiger charge is -2.36. The number of pyridine rings is 1. The molecule has 4 rings (SSSR count). The summed E-state index contributed by atoms with van der Waals surface area (Å²) in [6, 6.07) is 11.3. The average molecular weight is 378 g/mol. The highest BCUT2D eigenvalue weighted by Crippen LogP contribution is 2.20. The summed E-state index contributed by atoms with van der Waals surface area (Å²) in [6.45, 7) is -6.52. The zero-order valence-corrected chi connectivity index (χ0v) is 14.7. The van der Waals surface area contributed by atoms with Gasteiger partial charge in [-0.1, -0.05) is 23.7 Å². The monoisotopic (exact) mass is 377 g/mol. The minimum atomic E-state index is -2.13. The molecule has 1 fully saturated rings. The standard InChI is InChI=1S/C19H22ClN5O/c20-16-5-3-6-17(15-16)23-13-11-22(12-14-23)8-4-10-25-19(26)24-9-2-1-7-18(24)21-25/h1-3,5-7,9,15H,4,8,10-14H2/i10D2,13D2,14D2. The van der Waals surface area contributed by atoms with Crippen LogP contribution in [0.3, 0.4) is 0 Å². The van der Waals surface area contributed by atoms with Crippen LogP contribution in [0.25, 0.3) is 5.65 Å². The van der Waals surface area contributed by atoms with Gasteiger partial charge in [0.2, 0.25) is 0 Å². The van der Waals surface area contributed by atoms with Gasteiger partial charge in [0.25, 0.3) is 0 Å². The quantitative estimate of drug-likeness (QED) is 0.684. The van der Waals surface area contributed by atoms with E-state index in [0.29, 0.717) is 16.4 Å². The number of benzene rings is 1. The Labute approximate surface area is 165 Å². The molecule has 136 valence electrons. The van der Waals surface area contributed by atoms with Gasteiger partial charge in [-0.3, -0.25) is 9.30 Å². The van der Waals surface area contributed by atoms with Crippen molar-refractivity contribution in [2.75, 3.05) is 37.5 Å². The molecule has 3 heterocycles. The molecule has 1 aromatic carbocycles. The highest BCUT2D eigenvalue weighted by Gasteiger charge is 2.17. The fraction of sp³-hybridized carbons (Fsp3) is 0.368. The fourth-order valence-electron chi connectivity index (χ4n) is 2.75. The molecule has 0 amide bonds. The highest BCUT2D eigenvalue weighted by molar-refractivity contribution is 6.30. The van der Waals surface area contributed by atoms with Gasteiger partial charge in [0.05, 0.1) is 8.22 Å². The van der Waals surface area contributed by atoms with E-state index in [9.17, 15) is 4.79 Å². The predicted molar refractivity (Wildman–Crippen MR) is 104 cm³/mol. The number of aromatic nitrogens is 3. The van der Waals surface area contributed by atoms with Gasteiger partial charge < -0.3 is 4.90 Å². The molecule has 0 spiro atoms. The van der Waals surface area contributed by atoms with Gasteiger partial charge >= 0.3 is 5.69 Å². The number of nitrogens with zero attached hydrogens (tertiary/aromatic N) is 5. The summed E-state index contributed by atoms with van der Waals surface area (Å²) in [7, 11) is 0. The van der Waals surface area contributed by atoms with E-state index in [-0.39, 0.29) is 26.1 Å². The number of aryl methyl sites for hydroxylation is 1. The number of piperazine rings is 1. The molecule has 0 bridgehead atoms. The van der Waals surface area contributed by atoms with Crippen LogP contribution < -0.4 is 10.6 Å². The summed E-state index contributed by atoms with van der Waals surface area (Å²) < 4.78 is 52.7. The number of anilines is 1. The largest absolute Gasteiger partial charge is 0.369 e. The van der Waals surface area contributed by atoms with E-state index in [1.807, 2.05) is 0 Å². The van der Waals surface area contributed by atoms with Crippen molar-refractivity contribution in [3.05, 3.63) is 64.2 Å². The zero-order chi connectivity index (χ0) is 23.3. The number of hydrogen-bond donors (Lipinski definition) is 0. The SMILES string of the molecule is [2H]C1([2H])CN(CCC([2H])([2H])n2nc3ccccn3c2=O)CC([2H])([2H])N1c1cccc(Cl)c1. The Bertz CT molecular complexity index is 1180. The molecule has 0 N–H and O–H groups in total. The van der Waals surface area contributed by atoms with Gasteiger partial charge in [0.1, 0.15) is 0 Å². The van der Waals surface area contributed by atoms with Crippen LogP contribution >= 0.6 is 11.6 Å².